The second-order valence-corrected chi connectivity index (χ2v) is 4.28. The first-order valence-electron chi connectivity index (χ1n) is 5.88. The summed E-state index contributed by atoms with van der Waals surface area (Å²) in [6.07, 6.45) is 0. The van der Waals surface area contributed by atoms with Gasteiger partial charge in [-0.2, -0.15) is 0 Å². The van der Waals surface area contributed by atoms with Gasteiger partial charge in [-0.05, 0) is 20.4 Å². The van der Waals surface area contributed by atoms with Crippen LogP contribution in [-0.2, 0) is 0 Å². The normalized spacial score (nSPS) is 15.4. The fourth-order valence-corrected chi connectivity index (χ4v) is 1.82. The van der Waals surface area contributed by atoms with Crippen LogP contribution in [0.2, 0.25) is 0 Å². The molecule has 4 nitrogen and oxygen atoms in total. The van der Waals surface area contributed by atoms with Gasteiger partial charge < -0.3 is 10.2 Å². The second-order valence-electron chi connectivity index (χ2n) is 4.28. The standard InChI is InChI=1S/C11H24N4.HI/c1-5-15(10(2)3)9-7-13-11-12-6-8-14(11)4;/h10H,5-9H2,1-4H3,(H,12,13);1H. The minimum Gasteiger partial charge on any atom is -0.355 e. The van der Waals surface area contributed by atoms with Crippen molar-refractivity contribution in [3.63, 3.8) is 0 Å². The maximum absolute atomic E-state index is 4.40. The molecule has 0 saturated heterocycles. The Labute approximate surface area is 116 Å². The minimum absolute atomic E-state index is 0. The van der Waals surface area contributed by atoms with Crippen LogP contribution >= 0.6 is 24.0 Å². The summed E-state index contributed by atoms with van der Waals surface area (Å²) < 4.78 is 0. The van der Waals surface area contributed by atoms with Crippen molar-refractivity contribution in [3.8, 4) is 0 Å². The lowest BCUT2D eigenvalue weighted by atomic mass is 10.3. The van der Waals surface area contributed by atoms with Crippen molar-refractivity contribution in [3.05, 3.63) is 0 Å². The molecule has 0 aromatic carbocycles. The summed E-state index contributed by atoms with van der Waals surface area (Å²) >= 11 is 0. The van der Waals surface area contributed by atoms with E-state index in [1.165, 1.54) is 0 Å². The maximum atomic E-state index is 4.40. The van der Waals surface area contributed by atoms with Crippen LogP contribution < -0.4 is 5.32 Å². The Balaban J connectivity index is 0.00000225. The Bertz CT molecular complexity index is 218. The smallest absolute Gasteiger partial charge is 0.193 e. The molecule has 0 aliphatic carbocycles. The highest BCUT2D eigenvalue weighted by molar-refractivity contribution is 14.0. The summed E-state index contributed by atoms with van der Waals surface area (Å²) in [5, 5.41) is 3.39. The monoisotopic (exact) mass is 340 g/mol. The summed E-state index contributed by atoms with van der Waals surface area (Å²) in [6.45, 7) is 11.8. The average Bonchev–Trinajstić information content (AvgIpc) is 2.58. The van der Waals surface area contributed by atoms with Crippen LogP contribution in [0.25, 0.3) is 0 Å². The molecule has 0 spiro atoms. The van der Waals surface area contributed by atoms with E-state index in [1.54, 1.807) is 0 Å². The lowest BCUT2D eigenvalue weighted by Gasteiger charge is -2.25. The fraction of sp³-hybridized carbons (Fsp3) is 0.909. The number of aliphatic imine (C=N–C) groups is 1. The van der Waals surface area contributed by atoms with E-state index in [0.29, 0.717) is 6.04 Å². The van der Waals surface area contributed by atoms with Crippen LogP contribution in [0, 0.1) is 0 Å². The van der Waals surface area contributed by atoms with Crippen LogP contribution in [0.4, 0.5) is 0 Å². The number of nitrogens with one attached hydrogen (secondary N) is 1. The van der Waals surface area contributed by atoms with Gasteiger partial charge in [-0.25, -0.2) is 0 Å². The van der Waals surface area contributed by atoms with Gasteiger partial charge in [0.2, 0.25) is 0 Å². The molecule has 5 heteroatoms. The topological polar surface area (TPSA) is 30.9 Å². The number of hydrogen-bond donors (Lipinski definition) is 1. The molecule has 1 rings (SSSR count). The van der Waals surface area contributed by atoms with E-state index in [-0.39, 0.29) is 24.0 Å². The Hall–Kier alpha value is -0.0400. The van der Waals surface area contributed by atoms with Gasteiger partial charge in [0.05, 0.1) is 6.54 Å². The van der Waals surface area contributed by atoms with Gasteiger partial charge in [0.15, 0.2) is 5.96 Å². The molecular formula is C11H25IN4. The molecule has 1 aliphatic heterocycles. The van der Waals surface area contributed by atoms with E-state index < -0.39 is 0 Å². The molecule has 0 bridgehead atoms. The summed E-state index contributed by atoms with van der Waals surface area (Å²) in [5.41, 5.74) is 0. The molecule has 16 heavy (non-hydrogen) atoms. The molecule has 0 amide bonds. The predicted octanol–water partition coefficient (Wildman–Crippen LogP) is 1.23. The fourth-order valence-electron chi connectivity index (χ4n) is 1.82. The zero-order valence-corrected chi connectivity index (χ0v) is 13.2. The molecule has 0 fully saturated rings. The highest BCUT2D eigenvalue weighted by Crippen LogP contribution is 1.97. The van der Waals surface area contributed by atoms with Crippen molar-refractivity contribution in [2.24, 2.45) is 4.99 Å². The van der Waals surface area contributed by atoms with Crippen molar-refractivity contribution in [1.82, 2.24) is 15.1 Å². The molecule has 0 atom stereocenters. The van der Waals surface area contributed by atoms with Gasteiger partial charge in [-0.15, -0.1) is 24.0 Å². The number of hydrogen-bond acceptors (Lipinski definition) is 4. The Kier molecular flexibility index (Phi) is 8.09. The Morgan fingerprint density at radius 1 is 1.50 bits per heavy atom. The van der Waals surface area contributed by atoms with Crippen LogP contribution in [0.5, 0.6) is 0 Å². The summed E-state index contributed by atoms with van der Waals surface area (Å²) in [6, 6.07) is 0.625. The van der Waals surface area contributed by atoms with E-state index in [2.05, 4.69) is 47.9 Å². The van der Waals surface area contributed by atoms with E-state index in [1.807, 2.05) is 0 Å². The number of rotatable bonds is 5. The molecule has 0 aromatic heterocycles. The molecule has 0 aromatic rings. The number of halogens is 1. The molecule has 0 unspecified atom stereocenters. The molecule has 1 heterocycles. The van der Waals surface area contributed by atoms with Gasteiger partial charge in [-0.3, -0.25) is 9.89 Å². The lowest BCUT2D eigenvalue weighted by molar-refractivity contribution is 0.237. The molecule has 96 valence electrons. The van der Waals surface area contributed by atoms with Crippen molar-refractivity contribution in [2.45, 2.75) is 26.8 Å². The first-order chi connectivity index (χ1) is 7.15. The zero-order chi connectivity index (χ0) is 11.3. The first-order valence-corrected chi connectivity index (χ1v) is 5.88. The highest BCUT2D eigenvalue weighted by Gasteiger charge is 2.12. The second kappa shape index (κ2) is 8.11. The van der Waals surface area contributed by atoms with Crippen LogP contribution in [0.15, 0.2) is 4.99 Å². The van der Waals surface area contributed by atoms with Crippen molar-refractivity contribution < 1.29 is 0 Å². The van der Waals surface area contributed by atoms with Gasteiger partial charge >= 0.3 is 0 Å². The first kappa shape index (κ1) is 16.0. The molecule has 0 saturated carbocycles. The van der Waals surface area contributed by atoms with Crippen molar-refractivity contribution >= 4 is 29.9 Å². The molecule has 1 N–H and O–H groups in total. The third-order valence-corrected chi connectivity index (χ3v) is 2.88. The number of likely N-dealkylation sites (N-methyl/N-ethyl adjacent to an activating group) is 2. The van der Waals surface area contributed by atoms with E-state index >= 15 is 0 Å². The van der Waals surface area contributed by atoms with E-state index in [0.717, 1.165) is 38.7 Å². The van der Waals surface area contributed by atoms with Crippen LogP contribution in [0.3, 0.4) is 0 Å². The molecule has 0 radical (unpaired) electrons. The van der Waals surface area contributed by atoms with Crippen LogP contribution in [-0.4, -0.2) is 61.6 Å². The average molecular weight is 340 g/mol. The summed E-state index contributed by atoms with van der Waals surface area (Å²) in [7, 11) is 2.08. The molecular weight excluding hydrogens is 315 g/mol. The van der Waals surface area contributed by atoms with E-state index in [9.17, 15) is 0 Å². The van der Waals surface area contributed by atoms with Gasteiger partial charge in [0.1, 0.15) is 0 Å². The molecule has 1 aliphatic rings. The third-order valence-electron chi connectivity index (χ3n) is 2.88. The summed E-state index contributed by atoms with van der Waals surface area (Å²) in [4.78, 5) is 9.02. The Morgan fingerprint density at radius 2 is 2.19 bits per heavy atom. The predicted molar refractivity (Wildman–Crippen MR) is 80.7 cm³/mol. The lowest BCUT2D eigenvalue weighted by Crippen LogP contribution is -2.42. The largest absolute Gasteiger partial charge is 0.355 e. The van der Waals surface area contributed by atoms with Crippen molar-refractivity contribution in [2.75, 3.05) is 39.8 Å². The van der Waals surface area contributed by atoms with E-state index in [4.69, 9.17) is 0 Å². The van der Waals surface area contributed by atoms with Crippen LogP contribution in [0.1, 0.15) is 20.8 Å². The van der Waals surface area contributed by atoms with Gasteiger partial charge in [0.25, 0.3) is 0 Å². The van der Waals surface area contributed by atoms with Crippen molar-refractivity contribution in [1.29, 1.82) is 0 Å². The zero-order valence-electron chi connectivity index (χ0n) is 10.9. The maximum Gasteiger partial charge on any atom is 0.193 e. The summed E-state index contributed by atoms with van der Waals surface area (Å²) in [5.74, 6) is 1.05. The third kappa shape index (κ3) is 4.86. The minimum atomic E-state index is 0. The Morgan fingerprint density at radius 3 is 2.62 bits per heavy atom. The SMILES string of the molecule is CCN(CCNC1=NCCN1C)C(C)C.I. The number of guanidine groups is 1. The number of nitrogens with zero attached hydrogens (tertiary/aromatic N) is 3. The highest BCUT2D eigenvalue weighted by atomic mass is 127. The van der Waals surface area contributed by atoms with Gasteiger partial charge in [0, 0.05) is 32.7 Å². The van der Waals surface area contributed by atoms with Gasteiger partial charge in [-0.1, -0.05) is 6.92 Å². The quantitative estimate of drug-likeness (QED) is 0.764.